The Bertz CT molecular complexity index is 427. The van der Waals surface area contributed by atoms with Crippen LogP contribution in [0.3, 0.4) is 0 Å². The van der Waals surface area contributed by atoms with Crippen molar-refractivity contribution in [3.63, 3.8) is 0 Å². The van der Waals surface area contributed by atoms with Crippen LogP contribution in [-0.2, 0) is 12.7 Å². The van der Waals surface area contributed by atoms with Crippen LogP contribution in [0.2, 0.25) is 0 Å². The van der Waals surface area contributed by atoms with E-state index in [2.05, 4.69) is 0 Å². The second-order valence-electron chi connectivity index (χ2n) is 3.92. The maximum Gasteiger partial charge on any atom is 0.417 e. The zero-order chi connectivity index (χ0) is 13.2. The highest BCUT2D eigenvalue weighted by atomic mass is 19.4. The molecule has 1 aromatic rings. The Morgan fingerprint density at radius 1 is 1.35 bits per heavy atom. The molecule has 1 N–H and O–H groups in total. The van der Waals surface area contributed by atoms with Crippen molar-refractivity contribution in [3.8, 4) is 0 Å². The van der Waals surface area contributed by atoms with Gasteiger partial charge in [-0.25, -0.2) is 4.79 Å². The average Bonchev–Trinajstić information content (AvgIpc) is 2.14. The number of nitrogens with zero attached hydrogens (tertiary/aromatic N) is 1. The molecule has 1 aromatic carbocycles. The summed E-state index contributed by atoms with van der Waals surface area (Å²) in [7, 11) is 3.44. The monoisotopic (exact) mass is 247 g/mol. The van der Waals surface area contributed by atoms with Crippen LogP contribution in [0.15, 0.2) is 18.2 Å². The summed E-state index contributed by atoms with van der Waals surface area (Å²) < 4.78 is 37.9. The third-order valence-electron chi connectivity index (χ3n) is 2.12. The number of halogens is 3. The van der Waals surface area contributed by atoms with Crippen molar-refractivity contribution in [2.24, 2.45) is 0 Å². The summed E-state index contributed by atoms with van der Waals surface area (Å²) >= 11 is 0. The molecule has 0 amide bonds. The molecule has 0 saturated heterocycles. The van der Waals surface area contributed by atoms with Crippen molar-refractivity contribution >= 4 is 5.97 Å². The minimum absolute atomic E-state index is 0.322. The molecule has 0 aliphatic heterocycles. The highest BCUT2D eigenvalue weighted by Crippen LogP contribution is 2.32. The van der Waals surface area contributed by atoms with Crippen LogP contribution in [0.5, 0.6) is 0 Å². The summed E-state index contributed by atoms with van der Waals surface area (Å²) in [6.07, 6.45) is -4.66. The van der Waals surface area contributed by atoms with E-state index in [4.69, 9.17) is 5.11 Å². The largest absolute Gasteiger partial charge is 0.478 e. The van der Waals surface area contributed by atoms with Gasteiger partial charge in [0.1, 0.15) is 0 Å². The van der Waals surface area contributed by atoms with Gasteiger partial charge < -0.3 is 10.0 Å². The zero-order valence-electron chi connectivity index (χ0n) is 9.38. The normalized spacial score (nSPS) is 11.9. The Labute approximate surface area is 96.5 Å². The number of aromatic carboxylic acids is 1. The molecule has 0 aliphatic carbocycles. The van der Waals surface area contributed by atoms with Crippen LogP contribution in [0, 0.1) is 0 Å². The highest BCUT2D eigenvalue weighted by Gasteiger charge is 2.35. The average molecular weight is 247 g/mol. The molecule has 0 aromatic heterocycles. The van der Waals surface area contributed by atoms with E-state index in [0.29, 0.717) is 12.1 Å². The van der Waals surface area contributed by atoms with Crippen molar-refractivity contribution in [2.45, 2.75) is 12.7 Å². The highest BCUT2D eigenvalue weighted by molar-refractivity contribution is 5.89. The molecular weight excluding hydrogens is 235 g/mol. The molecule has 6 heteroatoms. The van der Waals surface area contributed by atoms with E-state index in [1.807, 2.05) is 0 Å². The van der Waals surface area contributed by atoms with Gasteiger partial charge in [0.05, 0.1) is 11.1 Å². The first-order valence-electron chi connectivity index (χ1n) is 4.80. The van der Waals surface area contributed by atoms with E-state index >= 15 is 0 Å². The number of rotatable bonds is 3. The van der Waals surface area contributed by atoms with Gasteiger partial charge >= 0.3 is 12.1 Å². The van der Waals surface area contributed by atoms with Crippen LogP contribution in [0.25, 0.3) is 0 Å². The fourth-order valence-electron chi connectivity index (χ4n) is 1.48. The van der Waals surface area contributed by atoms with Gasteiger partial charge in [-0.05, 0) is 31.8 Å². The third-order valence-corrected chi connectivity index (χ3v) is 2.12. The summed E-state index contributed by atoms with van der Waals surface area (Å²) in [5.41, 5.74) is -1.41. The smallest absolute Gasteiger partial charge is 0.417 e. The molecule has 0 unspecified atom stereocenters. The van der Waals surface area contributed by atoms with Gasteiger partial charge in [0.25, 0.3) is 0 Å². The third kappa shape index (κ3) is 3.45. The minimum atomic E-state index is -4.66. The summed E-state index contributed by atoms with van der Waals surface area (Å²) in [5, 5.41) is 8.69. The fraction of sp³-hybridized carbons (Fsp3) is 0.364. The van der Waals surface area contributed by atoms with Gasteiger partial charge in [-0.2, -0.15) is 13.2 Å². The zero-order valence-corrected chi connectivity index (χ0v) is 9.38. The molecule has 17 heavy (non-hydrogen) atoms. The molecule has 3 nitrogen and oxygen atoms in total. The Morgan fingerprint density at radius 2 is 1.94 bits per heavy atom. The van der Waals surface area contributed by atoms with Crippen LogP contribution in [0.4, 0.5) is 13.2 Å². The molecule has 94 valence electrons. The van der Waals surface area contributed by atoms with Gasteiger partial charge in [-0.3, -0.25) is 0 Å². The molecule has 0 bridgehead atoms. The van der Waals surface area contributed by atoms with Crippen LogP contribution >= 0.6 is 0 Å². The summed E-state index contributed by atoms with van der Waals surface area (Å²) in [6, 6.07) is 3.26. The lowest BCUT2D eigenvalue weighted by Gasteiger charge is -2.14. The first-order chi connectivity index (χ1) is 7.71. The maximum atomic E-state index is 12.6. The molecule has 0 aliphatic rings. The van der Waals surface area contributed by atoms with Gasteiger partial charge in [0, 0.05) is 6.54 Å². The first kappa shape index (κ1) is 13.5. The van der Waals surface area contributed by atoms with Crippen LogP contribution in [0.1, 0.15) is 21.5 Å². The van der Waals surface area contributed by atoms with Crippen molar-refractivity contribution in [1.82, 2.24) is 4.90 Å². The first-order valence-corrected chi connectivity index (χ1v) is 4.80. The predicted octanol–water partition coefficient (Wildman–Crippen LogP) is 2.47. The lowest BCUT2D eigenvalue weighted by atomic mass is 10.0. The number of carboxylic acid groups (broad SMARTS) is 1. The Kier molecular flexibility index (Phi) is 3.77. The van der Waals surface area contributed by atoms with Crippen molar-refractivity contribution in [1.29, 1.82) is 0 Å². The molecule has 0 atom stereocenters. The SMILES string of the molecule is CN(C)Cc1ccc(C(=O)O)c(C(F)(F)F)c1. The molecule has 0 heterocycles. The second kappa shape index (κ2) is 4.75. The Hall–Kier alpha value is -1.56. The quantitative estimate of drug-likeness (QED) is 0.892. The number of hydrogen-bond acceptors (Lipinski definition) is 2. The van der Waals surface area contributed by atoms with Gasteiger partial charge in [-0.15, -0.1) is 0 Å². The number of alkyl halides is 3. The van der Waals surface area contributed by atoms with E-state index in [1.165, 1.54) is 6.07 Å². The number of benzene rings is 1. The fourth-order valence-corrected chi connectivity index (χ4v) is 1.48. The summed E-state index contributed by atoms with van der Waals surface area (Å²) in [4.78, 5) is 12.4. The molecule has 0 saturated carbocycles. The van der Waals surface area contributed by atoms with Gasteiger partial charge in [0.2, 0.25) is 0 Å². The van der Waals surface area contributed by atoms with E-state index in [-0.39, 0.29) is 0 Å². The number of carboxylic acids is 1. The number of hydrogen-bond donors (Lipinski definition) is 1. The van der Waals surface area contributed by atoms with Crippen LogP contribution in [-0.4, -0.2) is 30.1 Å². The minimum Gasteiger partial charge on any atom is -0.478 e. The predicted molar refractivity (Wildman–Crippen MR) is 55.8 cm³/mol. The number of carbonyl (C=O) groups is 1. The topological polar surface area (TPSA) is 40.5 Å². The summed E-state index contributed by atoms with van der Waals surface area (Å²) in [6.45, 7) is 0.322. The lowest BCUT2D eigenvalue weighted by molar-refractivity contribution is -0.138. The Balaban J connectivity index is 3.25. The van der Waals surface area contributed by atoms with Gasteiger partial charge in [0.15, 0.2) is 0 Å². The van der Waals surface area contributed by atoms with Crippen molar-refractivity contribution in [2.75, 3.05) is 14.1 Å². The Morgan fingerprint density at radius 3 is 2.35 bits per heavy atom. The standard InChI is InChI=1S/C11H12F3NO2/c1-15(2)6-7-3-4-8(10(16)17)9(5-7)11(12,13)14/h3-5H,6H2,1-2H3,(H,16,17). The van der Waals surface area contributed by atoms with E-state index < -0.39 is 23.3 Å². The molecule has 0 spiro atoms. The molecule has 0 fully saturated rings. The molecule has 0 radical (unpaired) electrons. The van der Waals surface area contributed by atoms with Crippen LogP contribution < -0.4 is 0 Å². The summed E-state index contributed by atoms with van der Waals surface area (Å²) in [5.74, 6) is -1.58. The second-order valence-corrected chi connectivity index (χ2v) is 3.92. The molecular formula is C11H12F3NO2. The van der Waals surface area contributed by atoms with Crippen molar-refractivity contribution in [3.05, 3.63) is 34.9 Å². The van der Waals surface area contributed by atoms with Gasteiger partial charge in [-0.1, -0.05) is 6.07 Å². The van der Waals surface area contributed by atoms with E-state index in [9.17, 15) is 18.0 Å². The lowest BCUT2D eigenvalue weighted by Crippen LogP contribution is -2.16. The molecule has 1 rings (SSSR count). The van der Waals surface area contributed by atoms with E-state index in [1.54, 1.807) is 19.0 Å². The maximum absolute atomic E-state index is 12.6. The van der Waals surface area contributed by atoms with Crippen molar-refractivity contribution < 1.29 is 23.1 Å². The van der Waals surface area contributed by atoms with E-state index in [0.717, 1.165) is 12.1 Å².